The Labute approximate surface area is 165 Å². The topological polar surface area (TPSA) is 69.0 Å². The number of halogens is 1. The van der Waals surface area contributed by atoms with Crippen LogP contribution in [0.2, 0.25) is 0 Å². The van der Waals surface area contributed by atoms with E-state index in [0.717, 1.165) is 48.5 Å². The summed E-state index contributed by atoms with van der Waals surface area (Å²) in [5, 5.41) is 8.31. The van der Waals surface area contributed by atoms with Gasteiger partial charge < -0.3 is 10.1 Å². The normalized spacial score (nSPS) is 18.1. The monoisotopic (exact) mass is 398 g/mol. The van der Waals surface area contributed by atoms with Crippen molar-refractivity contribution >= 4 is 17.2 Å². The average Bonchev–Trinajstić information content (AvgIpc) is 3.33. The number of aryl methyl sites for hydroxylation is 2. The van der Waals surface area contributed by atoms with Gasteiger partial charge in [0, 0.05) is 29.5 Å². The van der Waals surface area contributed by atoms with Gasteiger partial charge in [-0.1, -0.05) is 0 Å². The van der Waals surface area contributed by atoms with Crippen LogP contribution in [0, 0.1) is 5.82 Å². The summed E-state index contributed by atoms with van der Waals surface area (Å²) in [7, 11) is 0. The SMILES string of the molecule is O=C(N[C@@H]1CCCc2sc(-c3ccc(F)cc3)nc21)c1cc2n(n1)CCCO2. The number of amides is 1. The Kier molecular flexibility index (Phi) is 4.35. The molecule has 0 unspecified atom stereocenters. The van der Waals surface area contributed by atoms with E-state index in [0.29, 0.717) is 18.2 Å². The van der Waals surface area contributed by atoms with Crippen LogP contribution in [0.5, 0.6) is 5.88 Å². The van der Waals surface area contributed by atoms with Gasteiger partial charge in [-0.2, -0.15) is 5.10 Å². The highest BCUT2D eigenvalue weighted by Gasteiger charge is 2.28. The summed E-state index contributed by atoms with van der Waals surface area (Å²) in [4.78, 5) is 18.7. The minimum Gasteiger partial charge on any atom is -0.478 e. The molecule has 3 aromatic rings. The Hall–Kier alpha value is -2.74. The summed E-state index contributed by atoms with van der Waals surface area (Å²) < 4.78 is 20.5. The van der Waals surface area contributed by atoms with Gasteiger partial charge >= 0.3 is 0 Å². The minimum atomic E-state index is -0.262. The lowest BCUT2D eigenvalue weighted by molar-refractivity contribution is 0.0926. The fourth-order valence-corrected chi connectivity index (χ4v) is 4.86. The van der Waals surface area contributed by atoms with E-state index in [9.17, 15) is 9.18 Å². The molecule has 8 heteroatoms. The van der Waals surface area contributed by atoms with E-state index in [-0.39, 0.29) is 17.8 Å². The average molecular weight is 398 g/mol. The van der Waals surface area contributed by atoms with E-state index in [1.54, 1.807) is 34.2 Å². The molecule has 6 nitrogen and oxygen atoms in total. The number of hydrogen-bond donors (Lipinski definition) is 1. The van der Waals surface area contributed by atoms with Crippen LogP contribution < -0.4 is 10.1 Å². The lowest BCUT2D eigenvalue weighted by Crippen LogP contribution is -2.31. The van der Waals surface area contributed by atoms with Crippen LogP contribution in [0.15, 0.2) is 30.3 Å². The first-order valence-corrected chi connectivity index (χ1v) is 10.3. The van der Waals surface area contributed by atoms with E-state index in [2.05, 4.69) is 10.4 Å². The number of ether oxygens (including phenoxy) is 1. The maximum atomic E-state index is 13.2. The first kappa shape index (κ1) is 17.4. The number of fused-ring (bicyclic) bond motifs is 2. The fourth-order valence-electron chi connectivity index (χ4n) is 3.69. The zero-order valence-electron chi connectivity index (χ0n) is 15.2. The largest absolute Gasteiger partial charge is 0.478 e. The standard InChI is InChI=1S/C20H19FN4O2S/c21-13-7-5-12(6-8-13)20-23-18-14(3-1-4-16(18)28-20)22-19(26)15-11-17-25(24-15)9-2-10-27-17/h5-8,11,14H,1-4,9-10H2,(H,22,26)/t14-/m1/s1. The molecule has 1 atom stereocenters. The van der Waals surface area contributed by atoms with Crippen LogP contribution in [0.25, 0.3) is 10.6 Å². The second-order valence-corrected chi connectivity index (χ2v) is 8.13. The summed E-state index contributed by atoms with van der Waals surface area (Å²) in [5.74, 6) is 0.176. The van der Waals surface area contributed by atoms with Crippen LogP contribution in [0.1, 0.15) is 46.4 Å². The molecule has 0 fully saturated rings. The molecule has 144 valence electrons. The number of benzene rings is 1. The Bertz CT molecular complexity index is 1000. The quantitative estimate of drug-likeness (QED) is 0.730. The minimum absolute atomic E-state index is 0.138. The number of rotatable bonds is 3. The number of hydrogen-bond acceptors (Lipinski definition) is 5. The van der Waals surface area contributed by atoms with E-state index in [4.69, 9.17) is 9.72 Å². The van der Waals surface area contributed by atoms with E-state index >= 15 is 0 Å². The highest BCUT2D eigenvalue weighted by molar-refractivity contribution is 7.15. The summed E-state index contributed by atoms with van der Waals surface area (Å²) in [6, 6.07) is 7.92. The summed E-state index contributed by atoms with van der Waals surface area (Å²) in [5.41, 5.74) is 2.19. The van der Waals surface area contributed by atoms with E-state index < -0.39 is 0 Å². The van der Waals surface area contributed by atoms with Crippen LogP contribution in [-0.4, -0.2) is 27.3 Å². The Balaban J connectivity index is 1.38. The Morgan fingerprint density at radius 2 is 2.14 bits per heavy atom. The Morgan fingerprint density at radius 3 is 2.96 bits per heavy atom. The maximum Gasteiger partial charge on any atom is 0.272 e. The summed E-state index contributed by atoms with van der Waals surface area (Å²) in [6.07, 6.45) is 3.68. The van der Waals surface area contributed by atoms with Gasteiger partial charge in [-0.25, -0.2) is 14.1 Å². The molecule has 0 bridgehead atoms. The Morgan fingerprint density at radius 1 is 1.29 bits per heavy atom. The predicted molar refractivity (Wildman–Crippen MR) is 103 cm³/mol. The van der Waals surface area contributed by atoms with Crippen molar-refractivity contribution in [2.24, 2.45) is 0 Å². The van der Waals surface area contributed by atoms with Gasteiger partial charge in [0.25, 0.3) is 5.91 Å². The van der Waals surface area contributed by atoms with Gasteiger partial charge in [-0.05, 0) is 43.5 Å². The molecule has 1 aliphatic heterocycles. The molecule has 1 N–H and O–H groups in total. The highest BCUT2D eigenvalue weighted by atomic mass is 32.1. The first-order chi connectivity index (χ1) is 13.7. The third-order valence-electron chi connectivity index (χ3n) is 5.09. The zero-order valence-corrected chi connectivity index (χ0v) is 16.0. The molecule has 2 aliphatic rings. The number of thiazole rings is 1. The number of carbonyl (C=O) groups is 1. The van der Waals surface area contributed by atoms with E-state index in [1.807, 2.05) is 0 Å². The van der Waals surface area contributed by atoms with Crippen LogP contribution in [0.3, 0.4) is 0 Å². The van der Waals surface area contributed by atoms with Gasteiger partial charge in [-0.15, -0.1) is 11.3 Å². The highest BCUT2D eigenvalue weighted by Crippen LogP contribution is 2.37. The molecular formula is C20H19FN4O2S. The second kappa shape index (κ2) is 7.01. The molecule has 28 heavy (non-hydrogen) atoms. The number of carbonyl (C=O) groups excluding carboxylic acids is 1. The van der Waals surface area contributed by atoms with Crippen LogP contribution in [-0.2, 0) is 13.0 Å². The molecule has 0 saturated carbocycles. The third-order valence-corrected chi connectivity index (χ3v) is 6.27. The van der Waals surface area contributed by atoms with Crippen LogP contribution in [0.4, 0.5) is 4.39 Å². The van der Waals surface area contributed by atoms with Crippen molar-refractivity contribution < 1.29 is 13.9 Å². The summed E-state index contributed by atoms with van der Waals surface area (Å²) >= 11 is 1.62. The van der Waals surface area contributed by atoms with Crippen molar-refractivity contribution in [1.82, 2.24) is 20.1 Å². The molecule has 0 spiro atoms. The number of nitrogens with zero attached hydrogens (tertiary/aromatic N) is 3. The molecule has 5 rings (SSSR count). The van der Waals surface area contributed by atoms with Crippen molar-refractivity contribution in [3.05, 3.63) is 52.4 Å². The van der Waals surface area contributed by atoms with E-state index in [1.165, 1.54) is 17.0 Å². The second-order valence-electron chi connectivity index (χ2n) is 7.05. The van der Waals surface area contributed by atoms with Gasteiger partial charge in [0.05, 0.1) is 18.3 Å². The fraction of sp³-hybridized carbons (Fsp3) is 0.350. The van der Waals surface area contributed by atoms with Crippen molar-refractivity contribution in [2.75, 3.05) is 6.61 Å². The van der Waals surface area contributed by atoms with Crippen molar-refractivity contribution in [1.29, 1.82) is 0 Å². The predicted octanol–water partition coefficient (Wildman–Crippen LogP) is 3.74. The van der Waals surface area contributed by atoms with Gasteiger partial charge in [0.1, 0.15) is 10.8 Å². The molecule has 3 heterocycles. The van der Waals surface area contributed by atoms with Gasteiger partial charge in [-0.3, -0.25) is 4.79 Å². The smallest absolute Gasteiger partial charge is 0.272 e. The summed E-state index contributed by atoms with van der Waals surface area (Å²) in [6.45, 7) is 1.42. The molecular weight excluding hydrogens is 379 g/mol. The van der Waals surface area contributed by atoms with Crippen LogP contribution >= 0.6 is 11.3 Å². The van der Waals surface area contributed by atoms with Gasteiger partial charge in [0.2, 0.25) is 5.88 Å². The van der Waals surface area contributed by atoms with Crippen molar-refractivity contribution in [3.63, 3.8) is 0 Å². The first-order valence-electron chi connectivity index (χ1n) is 9.44. The molecule has 1 aromatic carbocycles. The maximum absolute atomic E-state index is 13.2. The van der Waals surface area contributed by atoms with Gasteiger partial charge in [0.15, 0.2) is 5.69 Å². The van der Waals surface area contributed by atoms with Crippen molar-refractivity contribution in [3.8, 4) is 16.5 Å². The molecule has 1 aliphatic carbocycles. The molecule has 2 aromatic heterocycles. The lowest BCUT2D eigenvalue weighted by Gasteiger charge is -2.21. The molecule has 0 saturated heterocycles. The number of nitrogens with one attached hydrogen (secondary N) is 1. The van der Waals surface area contributed by atoms with Crippen molar-refractivity contribution in [2.45, 2.75) is 38.3 Å². The third kappa shape index (κ3) is 3.17. The lowest BCUT2D eigenvalue weighted by atomic mass is 9.97. The zero-order chi connectivity index (χ0) is 19.1. The molecule has 0 radical (unpaired) electrons. The molecule has 1 amide bonds. The number of aromatic nitrogens is 3.